The number of carbonyl (C=O) groups is 1. The zero-order chi connectivity index (χ0) is 22.4. The summed E-state index contributed by atoms with van der Waals surface area (Å²) in [5, 5.41) is 13.0. The Balaban J connectivity index is 2.58. The maximum atomic E-state index is 13.6. The minimum atomic E-state index is -6.36. The van der Waals surface area contributed by atoms with E-state index >= 15 is 0 Å². The lowest BCUT2D eigenvalue weighted by Gasteiger charge is -2.19. The highest BCUT2D eigenvalue weighted by Crippen LogP contribution is 2.49. The first-order chi connectivity index (χ1) is 13.1. The molecule has 6 nitrogen and oxygen atoms in total. The first-order valence-corrected chi connectivity index (χ1v) is 7.31. The molecule has 0 atom stereocenters. The molecule has 0 saturated carbocycles. The van der Waals surface area contributed by atoms with Crippen LogP contribution >= 0.6 is 0 Å². The van der Waals surface area contributed by atoms with Gasteiger partial charge in [0.05, 0.1) is 11.3 Å². The Kier molecular flexibility index (Phi) is 5.22. The average Bonchev–Trinajstić information content (AvgIpc) is 2.91. The third-order valence-corrected chi connectivity index (χ3v) is 3.65. The summed E-state index contributed by atoms with van der Waals surface area (Å²) >= 11 is 0. The van der Waals surface area contributed by atoms with Crippen molar-refractivity contribution in [3.8, 4) is 6.07 Å². The van der Waals surface area contributed by atoms with Gasteiger partial charge in [-0.25, -0.2) is 0 Å². The summed E-state index contributed by atoms with van der Waals surface area (Å²) in [4.78, 5) is 12.2. The Morgan fingerprint density at radius 3 is 2.21 bits per heavy atom. The smallest absolute Gasteiger partial charge is 0.398 e. The number of anilines is 2. The van der Waals surface area contributed by atoms with Crippen LogP contribution in [0.3, 0.4) is 0 Å². The summed E-state index contributed by atoms with van der Waals surface area (Å²) in [5.41, 5.74) is -0.201. The molecule has 156 valence electrons. The van der Waals surface area contributed by atoms with Crippen LogP contribution in [0.25, 0.3) is 0 Å². The number of amides is 1. The van der Waals surface area contributed by atoms with Crippen LogP contribution < -0.4 is 11.1 Å². The van der Waals surface area contributed by atoms with E-state index in [-0.39, 0.29) is 21.5 Å². The molecule has 0 radical (unpaired) electrons. The van der Waals surface area contributed by atoms with E-state index in [0.29, 0.717) is 7.05 Å². The van der Waals surface area contributed by atoms with Crippen LogP contribution in [0, 0.1) is 11.3 Å². The van der Waals surface area contributed by atoms with Gasteiger partial charge in [-0.05, 0) is 18.2 Å². The molecule has 14 heteroatoms. The number of hydrogen-bond donors (Lipinski definition) is 2. The van der Waals surface area contributed by atoms with Gasteiger partial charge in [0.2, 0.25) is 0 Å². The monoisotopic (exact) mass is 427 g/mol. The highest BCUT2D eigenvalue weighted by Gasteiger charge is 2.64. The van der Waals surface area contributed by atoms with Crippen LogP contribution in [-0.2, 0) is 19.1 Å². The van der Waals surface area contributed by atoms with Crippen LogP contribution in [0.2, 0.25) is 0 Å². The zero-order valence-corrected chi connectivity index (χ0v) is 14.1. The van der Waals surface area contributed by atoms with Gasteiger partial charge in [0, 0.05) is 12.6 Å². The van der Waals surface area contributed by atoms with Gasteiger partial charge in [-0.2, -0.15) is 45.5 Å². The van der Waals surface area contributed by atoms with E-state index in [1.54, 1.807) is 11.4 Å². The van der Waals surface area contributed by atoms with Crippen LogP contribution in [-0.4, -0.2) is 21.9 Å². The van der Waals surface area contributed by atoms with E-state index in [2.05, 4.69) is 5.10 Å². The first kappa shape index (κ1) is 21.9. The summed E-state index contributed by atoms with van der Waals surface area (Å²) in [5.74, 6) is -8.67. The molecule has 0 aliphatic carbocycles. The molecule has 0 aliphatic rings. The zero-order valence-electron chi connectivity index (χ0n) is 14.1. The Morgan fingerprint density at radius 2 is 1.76 bits per heavy atom. The van der Waals surface area contributed by atoms with E-state index in [1.165, 1.54) is 0 Å². The Labute approximate surface area is 156 Å². The van der Waals surface area contributed by atoms with E-state index < -0.39 is 41.3 Å². The normalized spacial score (nSPS) is 12.6. The van der Waals surface area contributed by atoms with E-state index in [1.807, 2.05) is 0 Å². The van der Waals surface area contributed by atoms with Crippen LogP contribution in [0.4, 0.5) is 46.6 Å². The molecule has 0 spiro atoms. The molecular formula is C15H9F8N5O. The molecule has 1 aromatic heterocycles. The quantitative estimate of drug-likeness (QED) is 0.575. The number of aromatic nitrogens is 2. The van der Waals surface area contributed by atoms with Crippen molar-refractivity contribution in [1.82, 2.24) is 9.78 Å². The number of benzene rings is 1. The highest BCUT2D eigenvalue weighted by molar-refractivity contribution is 6.05. The van der Waals surface area contributed by atoms with Gasteiger partial charge in [-0.1, -0.05) is 0 Å². The third kappa shape index (κ3) is 3.93. The molecule has 1 amide bonds. The number of carbonyl (C=O) groups excluding carboxylic acids is 1. The summed E-state index contributed by atoms with van der Waals surface area (Å²) in [6.45, 7) is 0. The molecule has 0 unspecified atom stereocenters. The lowest BCUT2D eigenvalue weighted by molar-refractivity contribution is -0.292. The number of aryl methyl sites for hydroxylation is 1. The van der Waals surface area contributed by atoms with Crippen LogP contribution in [0.1, 0.15) is 27.2 Å². The van der Waals surface area contributed by atoms with Crippen LogP contribution in [0.15, 0.2) is 18.2 Å². The van der Waals surface area contributed by atoms with E-state index in [4.69, 9.17) is 11.0 Å². The summed E-state index contributed by atoms with van der Waals surface area (Å²) in [6, 6.07) is 4.66. The Hall–Kier alpha value is -3.37. The summed E-state index contributed by atoms with van der Waals surface area (Å²) in [6.07, 6.45) is -12.1. The molecular weight excluding hydrogens is 418 g/mol. The fraction of sp³-hybridized carbons (Fsp3) is 0.267. The van der Waals surface area contributed by atoms with Crippen molar-refractivity contribution < 1.29 is 39.9 Å². The summed E-state index contributed by atoms with van der Waals surface area (Å²) in [7, 11) is 0.647. The topological polar surface area (TPSA) is 96.7 Å². The van der Waals surface area contributed by atoms with E-state index in [9.17, 15) is 39.9 Å². The Bertz CT molecular complexity index is 1000. The lowest BCUT2D eigenvalue weighted by atomic mass is 10.1. The fourth-order valence-corrected chi connectivity index (χ4v) is 2.28. The predicted octanol–water partition coefficient (Wildman–Crippen LogP) is 3.80. The number of nitrogen functional groups attached to an aromatic ring is 1. The van der Waals surface area contributed by atoms with Gasteiger partial charge in [-0.3, -0.25) is 9.48 Å². The molecule has 0 bridgehead atoms. The molecule has 0 saturated heterocycles. The number of alkyl halides is 8. The maximum absolute atomic E-state index is 13.6. The van der Waals surface area contributed by atoms with Crippen molar-refractivity contribution in [2.24, 2.45) is 7.05 Å². The maximum Gasteiger partial charge on any atom is 0.459 e. The molecule has 0 fully saturated rings. The van der Waals surface area contributed by atoms with E-state index in [0.717, 1.165) is 18.2 Å². The number of hydrogen-bond acceptors (Lipinski definition) is 4. The second-order valence-corrected chi connectivity index (χ2v) is 5.63. The third-order valence-electron chi connectivity index (χ3n) is 3.65. The van der Waals surface area contributed by atoms with Crippen molar-refractivity contribution in [3.63, 3.8) is 0 Å². The Morgan fingerprint density at radius 1 is 1.17 bits per heavy atom. The van der Waals surface area contributed by atoms with Crippen molar-refractivity contribution in [2.45, 2.75) is 18.3 Å². The molecule has 2 rings (SSSR count). The number of rotatable bonds is 3. The average molecular weight is 427 g/mol. The van der Waals surface area contributed by atoms with Crippen molar-refractivity contribution in [2.75, 3.05) is 11.1 Å². The van der Waals surface area contributed by atoms with Gasteiger partial charge in [0.15, 0.2) is 5.69 Å². The summed E-state index contributed by atoms with van der Waals surface area (Å²) < 4.78 is 105. The minimum absolute atomic E-state index is 0.0444. The van der Waals surface area contributed by atoms with Crippen molar-refractivity contribution >= 4 is 17.4 Å². The number of nitrogens with two attached hydrogens (primary N) is 1. The molecule has 2 aromatic rings. The van der Waals surface area contributed by atoms with Crippen molar-refractivity contribution in [1.29, 1.82) is 5.26 Å². The van der Waals surface area contributed by atoms with Gasteiger partial charge >= 0.3 is 18.3 Å². The minimum Gasteiger partial charge on any atom is -0.398 e. The molecule has 0 aliphatic heterocycles. The molecule has 29 heavy (non-hydrogen) atoms. The lowest BCUT2D eigenvalue weighted by Crippen LogP contribution is -2.36. The fourth-order valence-electron chi connectivity index (χ4n) is 2.28. The largest absolute Gasteiger partial charge is 0.459 e. The second kappa shape index (κ2) is 6.90. The number of halogens is 8. The molecule has 1 aromatic carbocycles. The number of nitrogens with one attached hydrogen (secondary N) is 1. The highest BCUT2D eigenvalue weighted by atomic mass is 19.4. The standard InChI is InChI=1S/C15H9F8N5O/c1-28-11(26-12(29)6-2-3-7(5-24)8(25)4-6)9(14(18,19)20)10(27-28)13(16,17)15(21,22)23/h2-4H,25H2,1H3,(H,26,29). The predicted molar refractivity (Wildman–Crippen MR) is 81.7 cm³/mol. The SMILES string of the molecule is Cn1nc(C(F)(F)C(F)(F)F)c(C(F)(F)F)c1NC(=O)c1ccc(C#N)c(N)c1. The van der Waals surface area contributed by atoms with Gasteiger partial charge < -0.3 is 11.1 Å². The number of nitriles is 1. The molecule has 1 heterocycles. The first-order valence-electron chi connectivity index (χ1n) is 7.31. The second-order valence-electron chi connectivity index (χ2n) is 5.63. The number of nitrogens with zero attached hydrogens (tertiary/aromatic N) is 3. The van der Waals surface area contributed by atoms with Gasteiger partial charge in [-0.15, -0.1) is 0 Å². The van der Waals surface area contributed by atoms with Gasteiger partial charge in [0.25, 0.3) is 5.91 Å². The molecule has 3 N–H and O–H groups in total. The van der Waals surface area contributed by atoms with Crippen molar-refractivity contribution in [3.05, 3.63) is 40.6 Å². The van der Waals surface area contributed by atoms with Gasteiger partial charge in [0.1, 0.15) is 17.5 Å². The van der Waals surface area contributed by atoms with Crippen LogP contribution in [0.5, 0.6) is 0 Å².